The van der Waals surface area contributed by atoms with Crippen LogP contribution in [0.15, 0.2) is 0 Å². The molecule has 0 radical (unpaired) electrons. The quantitative estimate of drug-likeness (QED) is 0.753. The average Bonchev–Trinajstić information content (AvgIpc) is 2.92. The van der Waals surface area contributed by atoms with E-state index >= 15 is 0 Å². The average molecular weight is 232 g/mol. The lowest BCUT2D eigenvalue weighted by Gasteiger charge is -2.36. The minimum Gasteiger partial charge on any atom is -0.328 e. The molecule has 3 N–H and O–H groups in total. The van der Waals surface area contributed by atoms with E-state index in [1.54, 1.807) is 0 Å². The molecule has 0 heterocycles. The Kier molecular flexibility index (Phi) is 2.81. The van der Waals surface area contributed by atoms with Gasteiger partial charge in [-0.05, 0) is 45.4 Å². The van der Waals surface area contributed by atoms with E-state index in [9.17, 15) is 8.42 Å². The van der Waals surface area contributed by atoms with Crippen LogP contribution in [0.1, 0.15) is 45.4 Å². The molecule has 2 fully saturated rings. The molecule has 0 aromatic rings. The van der Waals surface area contributed by atoms with Crippen molar-refractivity contribution in [1.82, 2.24) is 4.72 Å². The number of nitrogens with one attached hydrogen (secondary N) is 1. The Hall–Kier alpha value is -0.130. The Balaban J connectivity index is 1.98. The molecule has 88 valence electrons. The zero-order valence-electron chi connectivity index (χ0n) is 9.20. The van der Waals surface area contributed by atoms with E-state index in [1.807, 2.05) is 6.92 Å². The minimum atomic E-state index is -3.05. The molecule has 0 aromatic heterocycles. The van der Waals surface area contributed by atoms with Crippen molar-refractivity contribution in [1.29, 1.82) is 0 Å². The second-order valence-electron chi connectivity index (χ2n) is 5.24. The Bertz CT molecular complexity index is 327. The summed E-state index contributed by atoms with van der Waals surface area (Å²) < 4.78 is 26.5. The van der Waals surface area contributed by atoms with Gasteiger partial charge in [0.2, 0.25) is 10.0 Å². The monoisotopic (exact) mass is 232 g/mol. The molecule has 2 aliphatic carbocycles. The zero-order valence-corrected chi connectivity index (χ0v) is 10.0. The first kappa shape index (κ1) is 11.4. The molecule has 2 aliphatic rings. The van der Waals surface area contributed by atoms with Crippen molar-refractivity contribution in [3.05, 3.63) is 0 Å². The first-order valence-electron chi connectivity index (χ1n) is 5.70. The summed E-state index contributed by atoms with van der Waals surface area (Å²) in [5, 5.41) is -0.120. The SMILES string of the molecule is CC1(NS(=O)(=O)C2CC2)CCC(N)CC1. The Morgan fingerprint density at radius 2 is 1.73 bits per heavy atom. The molecule has 0 spiro atoms. The molecule has 15 heavy (non-hydrogen) atoms. The summed E-state index contributed by atoms with van der Waals surface area (Å²) in [6.45, 7) is 2.00. The van der Waals surface area contributed by atoms with Crippen LogP contribution in [0.25, 0.3) is 0 Å². The summed E-state index contributed by atoms with van der Waals surface area (Å²) in [5.74, 6) is 0. The fourth-order valence-corrected chi connectivity index (χ4v) is 4.00. The summed E-state index contributed by atoms with van der Waals surface area (Å²) in [4.78, 5) is 0. The van der Waals surface area contributed by atoms with E-state index in [-0.39, 0.29) is 16.8 Å². The highest BCUT2D eigenvalue weighted by molar-refractivity contribution is 7.90. The van der Waals surface area contributed by atoms with Gasteiger partial charge in [0.15, 0.2) is 0 Å². The summed E-state index contributed by atoms with van der Waals surface area (Å²) in [7, 11) is -3.05. The minimum absolute atomic E-state index is 0.120. The molecule has 0 aromatic carbocycles. The number of hydrogen-bond donors (Lipinski definition) is 2. The highest BCUT2D eigenvalue weighted by Gasteiger charge is 2.41. The molecular weight excluding hydrogens is 212 g/mol. The summed E-state index contributed by atoms with van der Waals surface area (Å²) in [6, 6.07) is 0.253. The van der Waals surface area contributed by atoms with Crippen molar-refractivity contribution in [2.75, 3.05) is 0 Å². The van der Waals surface area contributed by atoms with Crippen LogP contribution in [0, 0.1) is 0 Å². The molecule has 2 saturated carbocycles. The molecule has 0 unspecified atom stereocenters. The van der Waals surface area contributed by atoms with E-state index in [4.69, 9.17) is 5.73 Å². The first-order chi connectivity index (χ1) is 6.91. The van der Waals surface area contributed by atoms with Gasteiger partial charge in [0.25, 0.3) is 0 Å². The van der Waals surface area contributed by atoms with E-state index in [0.29, 0.717) is 0 Å². The Labute approximate surface area is 91.7 Å². The van der Waals surface area contributed by atoms with E-state index in [1.165, 1.54) is 0 Å². The van der Waals surface area contributed by atoms with Crippen LogP contribution >= 0.6 is 0 Å². The topological polar surface area (TPSA) is 72.2 Å². The lowest BCUT2D eigenvalue weighted by molar-refractivity contribution is 0.271. The molecule has 2 rings (SSSR count). The van der Waals surface area contributed by atoms with Gasteiger partial charge in [0.1, 0.15) is 0 Å². The van der Waals surface area contributed by atoms with Crippen molar-refractivity contribution >= 4 is 10.0 Å². The van der Waals surface area contributed by atoms with Crippen LogP contribution < -0.4 is 10.5 Å². The van der Waals surface area contributed by atoms with E-state index < -0.39 is 10.0 Å². The maximum absolute atomic E-state index is 11.8. The highest BCUT2D eigenvalue weighted by Crippen LogP contribution is 2.33. The predicted molar refractivity (Wildman–Crippen MR) is 59.9 cm³/mol. The van der Waals surface area contributed by atoms with Gasteiger partial charge in [0, 0.05) is 11.6 Å². The normalized spacial score (nSPS) is 37.9. The smallest absolute Gasteiger partial charge is 0.214 e. The maximum atomic E-state index is 11.8. The van der Waals surface area contributed by atoms with Crippen molar-refractivity contribution < 1.29 is 8.42 Å². The zero-order chi connectivity index (χ0) is 11.1. The predicted octanol–water partition coefficient (Wildman–Crippen LogP) is 0.728. The van der Waals surface area contributed by atoms with Crippen LogP contribution in [0.3, 0.4) is 0 Å². The lowest BCUT2D eigenvalue weighted by Crippen LogP contribution is -2.50. The van der Waals surface area contributed by atoms with E-state index in [2.05, 4.69) is 4.72 Å². The summed E-state index contributed by atoms with van der Waals surface area (Å²) in [5.41, 5.74) is 5.56. The Morgan fingerprint density at radius 1 is 1.20 bits per heavy atom. The third-order valence-corrected chi connectivity index (χ3v) is 5.61. The van der Waals surface area contributed by atoms with Gasteiger partial charge >= 0.3 is 0 Å². The number of nitrogens with two attached hydrogens (primary N) is 1. The van der Waals surface area contributed by atoms with Crippen molar-refractivity contribution in [2.45, 2.75) is 62.3 Å². The fourth-order valence-electron chi connectivity index (χ4n) is 2.18. The largest absolute Gasteiger partial charge is 0.328 e. The fraction of sp³-hybridized carbons (Fsp3) is 1.00. The third kappa shape index (κ3) is 2.71. The van der Waals surface area contributed by atoms with Gasteiger partial charge in [-0.2, -0.15) is 0 Å². The van der Waals surface area contributed by atoms with Gasteiger partial charge in [-0.3, -0.25) is 0 Å². The van der Waals surface area contributed by atoms with E-state index in [0.717, 1.165) is 38.5 Å². The van der Waals surface area contributed by atoms with Gasteiger partial charge in [-0.15, -0.1) is 0 Å². The van der Waals surface area contributed by atoms with Gasteiger partial charge in [0.05, 0.1) is 5.25 Å². The van der Waals surface area contributed by atoms with Crippen molar-refractivity contribution in [2.24, 2.45) is 5.73 Å². The van der Waals surface area contributed by atoms with Gasteiger partial charge in [-0.1, -0.05) is 0 Å². The van der Waals surface area contributed by atoms with Crippen molar-refractivity contribution in [3.63, 3.8) is 0 Å². The van der Waals surface area contributed by atoms with Crippen LogP contribution in [0.2, 0.25) is 0 Å². The first-order valence-corrected chi connectivity index (χ1v) is 7.24. The maximum Gasteiger partial charge on any atom is 0.214 e. The second kappa shape index (κ2) is 3.71. The molecule has 0 saturated heterocycles. The lowest BCUT2D eigenvalue weighted by atomic mass is 9.82. The highest BCUT2D eigenvalue weighted by atomic mass is 32.2. The van der Waals surface area contributed by atoms with Gasteiger partial charge in [-0.25, -0.2) is 13.1 Å². The molecule has 0 amide bonds. The van der Waals surface area contributed by atoms with Gasteiger partial charge < -0.3 is 5.73 Å². The Morgan fingerprint density at radius 3 is 2.20 bits per heavy atom. The second-order valence-corrected chi connectivity index (χ2v) is 7.21. The number of hydrogen-bond acceptors (Lipinski definition) is 3. The van der Waals surface area contributed by atoms with Crippen LogP contribution in [-0.4, -0.2) is 25.2 Å². The molecule has 4 nitrogen and oxygen atoms in total. The standard InChI is InChI=1S/C10H20N2O2S/c1-10(6-4-8(11)5-7-10)12-15(13,14)9-2-3-9/h8-9,12H,2-7,11H2,1H3. The molecule has 5 heteroatoms. The molecule has 0 bridgehead atoms. The molecular formula is C10H20N2O2S. The number of rotatable bonds is 3. The summed E-state index contributed by atoms with van der Waals surface area (Å²) >= 11 is 0. The van der Waals surface area contributed by atoms with Crippen molar-refractivity contribution in [3.8, 4) is 0 Å². The number of sulfonamides is 1. The van der Waals surface area contributed by atoms with Crippen LogP contribution in [0.5, 0.6) is 0 Å². The van der Waals surface area contributed by atoms with Crippen LogP contribution in [-0.2, 0) is 10.0 Å². The summed E-state index contributed by atoms with van der Waals surface area (Å²) in [6.07, 6.45) is 5.21. The molecule has 0 aliphatic heterocycles. The molecule has 0 atom stereocenters. The third-order valence-electron chi connectivity index (χ3n) is 3.49. The van der Waals surface area contributed by atoms with Crippen LogP contribution in [0.4, 0.5) is 0 Å².